The normalized spacial score (nSPS) is 13.3. The number of benzene rings is 4. The van der Waals surface area contributed by atoms with Gasteiger partial charge in [-0.25, -0.2) is 0 Å². The summed E-state index contributed by atoms with van der Waals surface area (Å²) in [7, 11) is 3.33. The Hall–Kier alpha value is -5.10. The molecule has 6 heteroatoms. The molecule has 0 aliphatic heterocycles. The average molecular weight is 635 g/mol. The zero-order valence-corrected chi connectivity index (χ0v) is 28.2. The molecule has 0 unspecified atom stereocenters. The lowest BCUT2D eigenvalue weighted by molar-refractivity contribution is -0.105. The van der Waals surface area contributed by atoms with E-state index in [1.54, 1.807) is 28.1 Å². The van der Waals surface area contributed by atoms with E-state index in [0.29, 0.717) is 11.1 Å². The molecule has 5 rings (SSSR count). The van der Waals surface area contributed by atoms with Crippen molar-refractivity contribution in [3.05, 3.63) is 132 Å². The van der Waals surface area contributed by atoms with E-state index in [1.165, 1.54) is 24.0 Å². The highest BCUT2D eigenvalue weighted by molar-refractivity contribution is 5.71. The minimum absolute atomic E-state index is 0.0101. The molecule has 47 heavy (non-hydrogen) atoms. The van der Waals surface area contributed by atoms with Crippen molar-refractivity contribution in [2.24, 2.45) is 5.92 Å². The van der Waals surface area contributed by atoms with E-state index in [0.717, 1.165) is 65.8 Å². The second-order valence-corrected chi connectivity index (χ2v) is 11.8. The molecule has 0 heterocycles. The summed E-state index contributed by atoms with van der Waals surface area (Å²) in [5.74, 6) is 5.63. The van der Waals surface area contributed by atoms with Gasteiger partial charge in [-0.15, -0.1) is 0 Å². The number of allylic oxidation sites excluding steroid dienone is 2. The van der Waals surface area contributed by atoms with E-state index >= 15 is 0 Å². The van der Waals surface area contributed by atoms with Gasteiger partial charge >= 0.3 is 0 Å². The summed E-state index contributed by atoms with van der Waals surface area (Å²) in [6.45, 7) is 12.3. The molecule has 1 aliphatic rings. The Morgan fingerprint density at radius 1 is 0.574 bits per heavy atom. The SMILES string of the molecule is C=C(C)C=O.C=C(C)C=O.COc1ccc(Oc2ccc(C3(c4ccc(Oc5ccc(OC)cc5)cc4)CCC(C)CC3)cc2)cc1. The number of carbonyl (C=O) groups is 2. The fourth-order valence-electron chi connectivity index (χ4n) is 5.24. The van der Waals surface area contributed by atoms with Gasteiger partial charge < -0.3 is 18.9 Å². The van der Waals surface area contributed by atoms with Crippen LogP contribution >= 0.6 is 0 Å². The van der Waals surface area contributed by atoms with Crippen LogP contribution in [0.5, 0.6) is 34.5 Å². The van der Waals surface area contributed by atoms with Crippen LogP contribution in [0, 0.1) is 5.92 Å². The maximum absolute atomic E-state index is 9.41. The summed E-state index contributed by atoms with van der Waals surface area (Å²) in [6.07, 6.45) is 6.14. The van der Waals surface area contributed by atoms with Gasteiger partial charge in [0.1, 0.15) is 47.1 Å². The van der Waals surface area contributed by atoms with Gasteiger partial charge in [0.25, 0.3) is 0 Å². The first-order valence-corrected chi connectivity index (χ1v) is 15.7. The van der Waals surface area contributed by atoms with Gasteiger partial charge in [-0.1, -0.05) is 44.3 Å². The molecule has 0 radical (unpaired) electrons. The number of hydrogen-bond donors (Lipinski definition) is 0. The first-order chi connectivity index (χ1) is 22.6. The van der Waals surface area contributed by atoms with Crippen molar-refractivity contribution in [3.63, 3.8) is 0 Å². The van der Waals surface area contributed by atoms with Crippen molar-refractivity contribution in [3.8, 4) is 34.5 Å². The van der Waals surface area contributed by atoms with Crippen molar-refractivity contribution in [2.75, 3.05) is 14.2 Å². The molecule has 6 nitrogen and oxygen atoms in total. The minimum atomic E-state index is -0.0101. The lowest BCUT2D eigenvalue weighted by atomic mass is 9.63. The molecule has 0 atom stereocenters. The largest absolute Gasteiger partial charge is 0.497 e. The minimum Gasteiger partial charge on any atom is -0.497 e. The molecule has 1 fully saturated rings. The molecule has 0 spiro atoms. The molecule has 4 aromatic rings. The quantitative estimate of drug-likeness (QED) is 0.128. The molecular weight excluding hydrogens is 588 g/mol. The summed E-state index contributed by atoms with van der Waals surface area (Å²) in [5.41, 5.74) is 3.81. The Labute approximate surface area is 279 Å². The monoisotopic (exact) mass is 634 g/mol. The number of ether oxygens (including phenoxy) is 4. The van der Waals surface area contributed by atoms with Gasteiger partial charge in [0, 0.05) is 5.41 Å². The Morgan fingerprint density at radius 3 is 1.09 bits per heavy atom. The third kappa shape index (κ3) is 11.0. The second-order valence-electron chi connectivity index (χ2n) is 11.8. The predicted molar refractivity (Wildman–Crippen MR) is 189 cm³/mol. The number of hydrogen-bond acceptors (Lipinski definition) is 6. The first-order valence-electron chi connectivity index (χ1n) is 15.7. The van der Waals surface area contributed by atoms with Crippen LogP contribution in [-0.2, 0) is 15.0 Å². The highest BCUT2D eigenvalue weighted by atomic mass is 16.5. The van der Waals surface area contributed by atoms with Crippen LogP contribution in [0.2, 0.25) is 0 Å². The second kappa shape index (κ2) is 18.1. The maximum atomic E-state index is 9.41. The number of aldehydes is 2. The van der Waals surface area contributed by atoms with Crippen LogP contribution in [0.4, 0.5) is 0 Å². The van der Waals surface area contributed by atoms with Gasteiger partial charge in [-0.05, 0) is 141 Å². The fourth-order valence-corrected chi connectivity index (χ4v) is 5.24. The van der Waals surface area contributed by atoms with Crippen LogP contribution in [-0.4, -0.2) is 26.8 Å². The van der Waals surface area contributed by atoms with Crippen LogP contribution in [0.25, 0.3) is 0 Å². The summed E-state index contributed by atoms with van der Waals surface area (Å²) >= 11 is 0. The zero-order valence-electron chi connectivity index (χ0n) is 28.2. The van der Waals surface area contributed by atoms with Crippen molar-refractivity contribution >= 4 is 12.6 Å². The van der Waals surface area contributed by atoms with Crippen molar-refractivity contribution < 1.29 is 28.5 Å². The summed E-state index contributed by atoms with van der Waals surface area (Å²) < 4.78 is 22.6. The zero-order chi connectivity index (χ0) is 34.2. The summed E-state index contributed by atoms with van der Waals surface area (Å²) in [4.78, 5) is 18.8. The van der Waals surface area contributed by atoms with E-state index in [4.69, 9.17) is 18.9 Å². The van der Waals surface area contributed by atoms with E-state index in [1.807, 2.05) is 48.5 Å². The smallest absolute Gasteiger partial charge is 0.145 e. The van der Waals surface area contributed by atoms with Crippen LogP contribution in [0.3, 0.4) is 0 Å². The standard InChI is InChI=1S/C33H34O4.2C4H6O/c1-24-20-22-33(23-21-24,25-4-8-29(9-5-25)36-31-16-12-27(34-2)13-17-31)26-6-10-30(11-7-26)37-32-18-14-28(35-3)15-19-32;2*1-4(2)3-5/h4-19,24H,20-23H2,1-3H3;2*3H,1H2,2H3. The third-order valence-electron chi connectivity index (χ3n) is 7.93. The van der Waals surface area contributed by atoms with Crippen molar-refractivity contribution in [2.45, 2.75) is 51.9 Å². The van der Waals surface area contributed by atoms with Crippen LogP contribution in [0.1, 0.15) is 57.6 Å². The molecule has 0 bridgehead atoms. The molecule has 0 amide bonds. The molecule has 246 valence electrons. The first kappa shape index (κ1) is 36.4. The average Bonchev–Trinajstić information content (AvgIpc) is 3.10. The third-order valence-corrected chi connectivity index (χ3v) is 7.93. The predicted octanol–water partition coefficient (Wildman–Crippen LogP) is 10.3. The summed E-state index contributed by atoms with van der Waals surface area (Å²) in [5, 5.41) is 0. The lowest BCUT2D eigenvalue weighted by Crippen LogP contribution is -2.32. The molecule has 1 aliphatic carbocycles. The van der Waals surface area contributed by atoms with Gasteiger partial charge in [-0.2, -0.15) is 0 Å². The van der Waals surface area contributed by atoms with Gasteiger partial charge in [-0.3, -0.25) is 9.59 Å². The van der Waals surface area contributed by atoms with E-state index in [-0.39, 0.29) is 5.41 Å². The Bertz CT molecular complexity index is 1450. The van der Waals surface area contributed by atoms with Crippen LogP contribution in [0.15, 0.2) is 121 Å². The van der Waals surface area contributed by atoms with Crippen molar-refractivity contribution in [1.82, 2.24) is 0 Å². The van der Waals surface area contributed by atoms with E-state index in [2.05, 4.69) is 68.6 Å². The molecular formula is C41H46O6. The molecule has 4 aromatic carbocycles. The number of rotatable bonds is 10. The highest BCUT2D eigenvalue weighted by Gasteiger charge is 2.37. The van der Waals surface area contributed by atoms with E-state index < -0.39 is 0 Å². The number of methoxy groups -OCH3 is 2. The van der Waals surface area contributed by atoms with Crippen molar-refractivity contribution in [1.29, 1.82) is 0 Å². The molecule has 0 N–H and O–H groups in total. The molecule has 0 aromatic heterocycles. The van der Waals surface area contributed by atoms with Crippen LogP contribution < -0.4 is 18.9 Å². The topological polar surface area (TPSA) is 71.1 Å². The van der Waals surface area contributed by atoms with E-state index in [9.17, 15) is 9.59 Å². The molecule has 0 saturated heterocycles. The highest BCUT2D eigenvalue weighted by Crippen LogP contribution is 2.47. The summed E-state index contributed by atoms with van der Waals surface area (Å²) in [6, 6.07) is 32.6. The Morgan fingerprint density at radius 2 is 0.830 bits per heavy atom. The fraction of sp³-hybridized carbons (Fsp3) is 0.268. The molecule has 1 saturated carbocycles. The maximum Gasteiger partial charge on any atom is 0.145 e. The lowest BCUT2D eigenvalue weighted by Gasteiger charge is -2.41. The van der Waals surface area contributed by atoms with Gasteiger partial charge in [0.05, 0.1) is 14.2 Å². The Kier molecular flexibility index (Phi) is 14.0. The number of carbonyl (C=O) groups excluding carboxylic acids is 2. The van der Waals surface area contributed by atoms with Gasteiger partial charge in [0.2, 0.25) is 0 Å². The Balaban J connectivity index is 0.000000526. The van der Waals surface area contributed by atoms with Gasteiger partial charge in [0.15, 0.2) is 0 Å².